The first kappa shape index (κ1) is 12.5. The molecule has 2 nitrogen and oxygen atoms in total. The zero-order chi connectivity index (χ0) is 12.1. The van der Waals surface area contributed by atoms with Crippen molar-refractivity contribution in [1.29, 1.82) is 0 Å². The molecule has 0 amide bonds. The van der Waals surface area contributed by atoms with Crippen LogP contribution in [-0.4, -0.2) is 11.1 Å². The lowest BCUT2D eigenvalue weighted by molar-refractivity contribution is -0.138. The molecule has 1 aromatic carbocycles. The molecule has 1 rings (SSSR count). The van der Waals surface area contributed by atoms with Gasteiger partial charge in [0.2, 0.25) is 0 Å². The lowest BCUT2D eigenvalue weighted by Crippen LogP contribution is -2.11. The molecule has 0 heterocycles. The van der Waals surface area contributed by atoms with Crippen LogP contribution in [-0.2, 0) is 4.79 Å². The van der Waals surface area contributed by atoms with Gasteiger partial charge in [0.25, 0.3) is 0 Å². The highest BCUT2D eigenvalue weighted by Crippen LogP contribution is 2.22. The van der Waals surface area contributed by atoms with Crippen LogP contribution in [0.25, 0.3) is 0 Å². The molecular weight excluding hydrogens is 200 g/mol. The second kappa shape index (κ2) is 5.50. The van der Waals surface area contributed by atoms with Crippen molar-refractivity contribution < 1.29 is 9.90 Å². The normalized spacial score (nSPS) is 11.9. The van der Waals surface area contributed by atoms with E-state index in [9.17, 15) is 9.90 Å². The standard InChI is InChI=1S/C14H18O2/c1-10(2)7-8-13(14(15)16)12-6-4-5-11(3)9-12/h4-7,9,13H,8H2,1-3H3,(H,15,16). The quantitative estimate of drug-likeness (QED) is 0.785. The van der Waals surface area contributed by atoms with E-state index < -0.39 is 11.9 Å². The Hall–Kier alpha value is -1.57. The zero-order valence-electron chi connectivity index (χ0n) is 10.0. The third-order valence-electron chi connectivity index (χ3n) is 2.50. The zero-order valence-corrected chi connectivity index (χ0v) is 10.0. The maximum Gasteiger partial charge on any atom is 0.311 e. The fourth-order valence-electron chi connectivity index (χ4n) is 1.62. The minimum absolute atomic E-state index is 0.435. The van der Waals surface area contributed by atoms with E-state index >= 15 is 0 Å². The lowest BCUT2D eigenvalue weighted by atomic mass is 9.94. The van der Waals surface area contributed by atoms with Crippen LogP contribution in [0.4, 0.5) is 0 Å². The molecule has 0 saturated heterocycles. The smallest absolute Gasteiger partial charge is 0.311 e. The number of aliphatic carboxylic acids is 1. The number of benzene rings is 1. The first-order valence-corrected chi connectivity index (χ1v) is 5.43. The molecule has 1 N–H and O–H groups in total. The fraction of sp³-hybridized carbons (Fsp3) is 0.357. The largest absolute Gasteiger partial charge is 0.481 e. The van der Waals surface area contributed by atoms with Gasteiger partial charge in [-0.15, -0.1) is 0 Å². The summed E-state index contributed by atoms with van der Waals surface area (Å²) in [6, 6.07) is 7.70. The summed E-state index contributed by atoms with van der Waals surface area (Å²) in [5.74, 6) is -1.20. The summed E-state index contributed by atoms with van der Waals surface area (Å²) in [6.45, 7) is 5.94. The van der Waals surface area contributed by atoms with Crippen LogP contribution in [0.1, 0.15) is 37.3 Å². The number of aryl methyl sites for hydroxylation is 1. The third kappa shape index (κ3) is 3.54. The van der Waals surface area contributed by atoms with Gasteiger partial charge in [0.1, 0.15) is 0 Å². The van der Waals surface area contributed by atoms with Crippen molar-refractivity contribution in [3.05, 3.63) is 47.0 Å². The SMILES string of the molecule is CC(C)=CCC(C(=O)O)c1cccc(C)c1. The highest BCUT2D eigenvalue weighted by Gasteiger charge is 2.18. The molecule has 0 aliphatic carbocycles. The van der Waals surface area contributed by atoms with Crippen LogP contribution >= 0.6 is 0 Å². The van der Waals surface area contributed by atoms with E-state index in [2.05, 4.69) is 0 Å². The maximum atomic E-state index is 11.2. The molecule has 0 aromatic heterocycles. The van der Waals surface area contributed by atoms with E-state index in [0.717, 1.165) is 16.7 Å². The van der Waals surface area contributed by atoms with E-state index in [1.165, 1.54) is 0 Å². The first-order valence-electron chi connectivity index (χ1n) is 5.43. The molecular formula is C14H18O2. The summed E-state index contributed by atoms with van der Waals surface area (Å²) >= 11 is 0. The van der Waals surface area contributed by atoms with Crippen molar-refractivity contribution in [2.45, 2.75) is 33.1 Å². The number of allylic oxidation sites excluding steroid dienone is 2. The summed E-state index contributed by atoms with van der Waals surface area (Å²) in [4.78, 5) is 11.2. The van der Waals surface area contributed by atoms with Crippen molar-refractivity contribution in [1.82, 2.24) is 0 Å². The first-order chi connectivity index (χ1) is 7.50. The van der Waals surface area contributed by atoms with Crippen LogP contribution in [0.15, 0.2) is 35.9 Å². The van der Waals surface area contributed by atoms with Gasteiger partial charge in [-0.1, -0.05) is 41.5 Å². The predicted octanol–water partition coefficient (Wildman–Crippen LogP) is 3.52. The summed E-state index contributed by atoms with van der Waals surface area (Å²) in [6.07, 6.45) is 2.53. The number of hydrogen-bond acceptors (Lipinski definition) is 1. The topological polar surface area (TPSA) is 37.3 Å². The van der Waals surface area contributed by atoms with E-state index in [1.807, 2.05) is 51.1 Å². The van der Waals surface area contributed by atoms with Gasteiger partial charge in [-0.3, -0.25) is 4.79 Å². The van der Waals surface area contributed by atoms with Crippen molar-refractivity contribution in [2.75, 3.05) is 0 Å². The third-order valence-corrected chi connectivity index (χ3v) is 2.50. The average Bonchev–Trinajstić information content (AvgIpc) is 2.17. The van der Waals surface area contributed by atoms with Gasteiger partial charge in [0, 0.05) is 0 Å². The molecule has 0 aliphatic heterocycles. The minimum atomic E-state index is -0.761. The van der Waals surface area contributed by atoms with Crippen molar-refractivity contribution >= 4 is 5.97 Å². The fourth-order valence-corrected chi connectivity index (χ4v) is 1.62. The monoisotopic (exact) mass is 218 g/mol. The van der Waals surface area contributed by atoms with Crippen molar-refractivity contribution in [3.8, 4) is 0 Å². The van der Waals surface area contributed by atoms with Gasteiger partial charge in [0.15, 0.2) is 0 Å². The predicted molar refractivity (Wildman–Crippen MR) is 65.6 cm³/mol. The molecule has 1 unspecified atom stereocenters. The molecule has 0 radical (unpaired) electrons. The maximum absolute atomic E-state index is 11.2. The van der Waals surface area contributed by atoms with Gasteiger partial charge < -0.3 is 5.11 Å². The molecule has 0 aliphatic rings. The molecule has 16 heavy (non-hydrogen) atoms. The average molecular weight is 218 g/mol. The van der Waals surface area contributed by atoms with Gasteiger partial charge in [-0.2, -0.15) is 0 Å². The Kier molecular flexibility index (Phi) is 4.29. The number of rotatable bonds is 4. The van der Waals surface area contributed by atoms with Crippen LogP contribution in [0.2, 0.25) is 0 Å². The second-order valence-corrected chi connectivity index (χ2v) is 4.32. The van der Waals surface area contributed by atoms with Crippen LogP contribution < -0.4 is 0 Å². The number of carboxylic acid groups (broad SMARTS) is 1. The van der Waals surface area contributed by atoms with Crippen LogP contribution in [0, 0.1) is 6.92 Å². The van der Waals surface area contributed by atoms with E-state index in [1.54, 1.807) is 0 Å². The van der Waals surface area contributed by atoms with Crippen molar-refractivity contribution in [3.63, 3.8) is 0 Å². The van der Waals surface area contributed by atoms with Crippen molar-refractivity contribution in [2.24, 2.45) is 0 Å². The molecule has 0 bridgehead atoms. The Morgan fingerprint density at radius 3 is 2.62 bits per heavy atom. The van der Waals surface area contributed by atoms with Crippen LogP contribution in [0.5, 0.6) is 0 Å². The summed E-state index contributed by atoms with van der Waals surface area (Å²) < 4.78 is 0. The Bertz CT molecular complexity index is 401. The molecule has 0 spiro atoms. The Labute approximate surface area is 96.6 Å². The molecule has 1 atom stereocenters. The highest BCUT2D eigenvalue weighted by atomic mass is 16.4. The lowest BCUT2D eigenvalue weighted by Gasteiger charge is -2.11. The van der Waals surface area contributed by atoms with Gasteiger partial charge in [-0.05, 0) is 32.8 Å². The Morgan fingerprint density at radius 1 is 1.44 bits per heavy atom. The van der Waals surface area contributed by atoms with Crippen LogP contribution in [0.3, 0.4) is 0 Å². The highest BCUT2D eigenvalue weighted by molar-refractivity contribution is 5.76. The summed E-state index contributed by atoms with van der Waals surface area (Å²) in [7, 11) is 0. The van der Waals surface area contributed by atoms with E-state index in [4.69, 9.17) is 0 Å². The number of hydrogen-bond donors (Lipinski definition) is 1. The number of carbonyl (C=O) groups is 1. The van der Waals surface area contributed by atoms with E-state index in [-0.39, 0.29) is 0 Å². The second-order valence-electron chi connectivity index (χ2n) is 4.32. The molecule has 2 heteroatoms. The Morgan fingerprint density at radius 2 is 2.12 bits per heavy atom. The van der Waals surface area contributed by atoms with Gasteiger partial charge in [0.05, 0.1) is 5.92 Å². The minimum Gasteiger partial charge on any atom is -0.481 e. The molecule has 0 saturated carbocycles. The number of carboxylic acids is 1. The summed E-state index contributed by atoms with van der Waals surface area (Å²) in [5, 5.41) is 9.20. The molecule has 0 fully saturated rings. The van der Waals surface area contributed by atoms with Gasteiger partial charge >= 0.3 is 5.97 Å². The molecule has 1 aromatic rings. The Balaban J connectivity index is 2.94. The van der Waals surface area contributed by atoms with Gasteiger partial charge in [-0.25, -0.2) is 0 Å². The van der Waals surface area contributed by atoms with E-state index in [0.29, 0.717) is 6.42 Å². The molecule has 86 valence electrons. The summed E-state index contributed by atoms with van der Waals surface area (Å²) in [5.41, 5.74) is 3.13.